The molecule has 4 bridgehead atoms. The lowest BCUT2D eigenvalue weighted by atomic mass is 9.50. The van der Waals surface area contributed by atoms with E-state index < -0.39 is 21.8 Å². The van der Waals surface area contributed by atoms with Crippen molar-refractivity contribution in [3.63, 3.8) is 0 Å². The molecule has 1 saturated heterocycles. The summed E-state index contributed by atoms with van der Waals surface area (Å²) in [6.45, 7) is 1.65. The third-order valence-corrected chi connectivity index (χ3v) is 10.0. The average molecular weight is 462 g/mol. The van der Waals surface area contributed by atoms with Crippen LogP contribution in [-0.4, -0.2) is 34.1 Å². The van der Waals surface area contributed by atoms with E-state index in [0.717, 1.165) is 42.6 Å². The largest absolute Gasteiger partial charge is 0.493 e. The van der Waals surface area contributed by atoms with E-state index in [1.54, 1.807) is 6.07 Å². The van der Waals surface area contributed by atoms with Crippen LogP contribution < -0.4 is 9.46 Å². The first-order valence-corrected chi connectivity index (χ1v) is 13.6. The molecular formula is C24H32FN3O3S. The zero-order chi connectivity index (χ0) is 22.1. The number of hydrogen-bond acceptors (Lipinski definition) is 4. The lowest BCUT2D eigenvalue weighted by molar-refractivity contribution is -0.0747. The van der Waals surface area contributed by atoms with Crippen molar-refractivity contribution in [2.75, 3.05) is 19.7 Å². The second kappa shape index (κ2) is 7.42. The molecule has 0 aromatic heterocycles. The molecule has 1 atom stereocenters. The second-order valence-electron chi connectivity index (χ2n) is 11.1. The Kier molecular flexibility index (Phi) is 4.85. The Labute approximate surface area is 189 Å². The van der Waals surface area contributed by atoms with Gasteiger partial charge in [0.25, 0.3) is 5.91 Å². The second-order valence-corrected chi connectivity index (χ2v) is 12.9. The molecule has 7 rings (SSSR count). The van der Waals surface area contributed by atoms with Gasteiger partial charge in [0.05, 0.1) is 12.2 Å². The molecule has 5 saturated carbocycles. The number of nitrogens with zero attached hydrogens (tertiary/aromatic N) is 1. The monoisotopic (exact) mass is 461 g/mol. The first-order chi connectivity index (χ1) is 15.3. The maximum absolute atomic E-state index is 15.0. The van der Waals surface area contributed by atoms with Gasteiger partial charge in [0.2, 0.25) is 0 Å². The summed E-state index contributed by atoms with van der Waals surface area (Å²) in [6, 6.07) is 2.92. The van der Waals surface area contributed by atoms with E-state index in [4.69, 9.17) is 9.52 Å². The van der Waals surface area contributed by atoms with Gasteiger partial charge in [-0.05, 0) is 93.1 Å². The van der Waals surface area contributed by atoms with Crippen molar-refractivity contribution in [2.24, 2.45) is 23.2 Å². The standard InChI is InChI=1S/C24H32FN3O3S/c25-21-10-22(31-14-24-11-15-6-16(12-24)8-17(7-15)13-24)19(18-2-3-18)9-20(21)23(29)27-32(26,30)28-4-1-5-28/h9-10,15-18H,1-8,11-14H2,(H2,26,27,29,30). The predicted octanol–water partition coefficient (Wildman–Crippen LogP) is 4.61. The average Bonchev–Trinajstić information content (AvgIpc) is 3.48. The molecule has 6 aliphatic rings. The summed E-state index contributed by atoms with van der Waals surface area (Å²) in [5, 5.41) is 0. The summed E-state index contributed by atoms with van der Waals surface area (Å²) in [5.74, 6) is 1.89. The lowest BCUT2D eigenvalue weighted by Gasteiger charge is -2.56. The highest BCUT2D eigenvalue weighted by Crippen LogP contribution is 2.60. The van der Waals surface area contributed by atoms with E-state index in [0.29, 0.717) is 25.4 Å². The van der Waals surface area contributed by atoms with Gasteiger partial charge in [-0.15, -0.1) is 0 Å². The Morgan fingerprint density at radius 1 is 1.16 bits per heavy atom. The van der Waals surface area contributed by atoms with Crippen LogP contribution in [0.5, 0.6) is 5.75 Å². The summed E-state index contributed by atoms with van der Waals surface area (Å²) < 4.78 is 45.4. The van der Waals surface area contributed by atoms with Crippen LogP contribution in [0, 0.1) is 33.8 Å². The van der Waals surface area contributed by atoms with E-state index in [1.807, 2.05) is 0 Å². The molecule has 2 N–H and O–H groups in total. The van der Waals surface area contributed by atoms with Crippen LogP contribution in [0.3, 0.4) is 0 Å². The van der Waals surface area contributed by atoms with Crippen LogP contribution in [0.4, 0.5) is 4.39 Å². The van der Waals surface area contributed by atoms with E-state index in [9.17, 15) is 9.00 Å². The normalized spacial score (nSPS) is 35.2. The molecule has 1 aliphatic heterocycles. The lowest BCUT2D eigenvalue weighted by Crippen LogP contribution is -2.49. The molecule has 0 radical (unpaired) electrons. The van der Waals surface area contributed by atoms with Gasteiger partial charge < -0.3 is 4.74 Å². The fraction of sp³-hybridized carbons (Fsp3) is 0.708. The Morgan fingerprint density at radius 2 is 1.78 bits per heavy atom. The molecule has 8 heteroatoms. The third-order valence-electron chi connectivity index (χ3n) is 8.47. The maximum atomic E-state index is 15.0. The number of benzene rings is 1. The highest BCUT2D eigenvalue weighted by Gasteiger charge is 2.51. The van der Waals surface area contributed by atoms with E-state index in [-0.39, 0.29) is 16.9 Å². The number of amides is 1. The number of carbonyl (C=O) groups is 1. The van der Waals surface area contributed by atoms with Gasteiger partial charge in [0.15, 0.2) is 10.1 Å². The maximum Gasteiger partial charge on any atom is 0.267 e. The molecule has 1 aromatic carbocycles. The summed E-state index contributed by atoms with van der Waals surface area (Å²) in [5.41, 5.74) is 0.965. The SMILES string of the molecule is N=S(=O)(NC(=O)c1cc(C2CC2)c(OCC23CC4CC(CC(C4)C2)C3)cc1F)N1CCC1. The number of hydrogen-bond donors (Lipinski definition) is 2. The Bertz CT molecular complexity index is 1010. The topological polar surface area (TPSA) is 82.5 Å². The number of halogens is 1. The summed E-state index contributed by atoms with van der Waals surface area (Å²) in [6.07, 6.45) is 10.7. The molecule has 174 valence electrons. The quantitative estimate of drug-likeness (QED) is 0.622. The van der Waals surface area contributed by atoms with Crippen LogP contribution in [0.15, 0.2) is 12.1 Å². The van der Waals surface area contributed by atoms with Crippen molar-refractivity contribution in [3.05, 3.63) is 29.1 Å². The molecule has 5 aliphatic carbocycles. The first kappa shape index (κ1) is 20.9. The zero-order valence-corrected chi connectivity index (χ0v) is 19.2. The van der Waals surface area contributed by atoms with Gasteiger partial charge in [-0.2, -0.15) is 0 Å². The van der Waals surface area contributed by atoms with Crippen molar-refractivity contribution in [1.82, 2.24) is 9.03 Å². The van der Waals surface area contributed by atoms with Crippen LogP contribution in [-0.2, 0) is 10.1 Å². The van der Waals surface area contributed by atoms with Crippen molar-refractivity contribution in [1.29, 1.82) is 4.78 Å². The Balaban J connectivity index is 1.21. The number of rotatable bonds is 7. The fourth-order valence-corrected chi connectivity index (χ4v) is 8.33. The summed E-state index contributed by atoms with van der Waals surface area (Å²) in [7, 11) is -3.42. The van der Waals surface area contributed by atoms with Crippen molar-refractivity contribution < 1.29 is 18.1 Å². The van der Waals surface area contributed by atoms with Crippen LogP contribution >= 0.6 is 0 Å². The van der Waals surface area contributed by atoms with Crippen LogP contribution in [0.1, 0.15) is 79.6 Å². The van der Waals surface area contributed by atoms with E-state index in [1.165, 1.54) is 48.9 Å². The molecule has 1 unspecified atom stereocenters. The molecule has 1 heterocycles. The number of ether oxygens (including phenoxy) is 1. The van der Waals surface area contributed by atoms with Gasteiger partial charge in [0, 0.05) is 24.6 Å². The van der Waals surface area contributed by atoms with E-state index >= 15 is 4.39 Å². The van der Waals surface area contributed by atoms with E-state index in [2.05, 4.69) is 4.72 Å². The predicted molar refractivity (Wildman–Crippen MR) is 119 cm³/mol. The van der Waals surface area contributed by atoms with Gasteiger partial charge in [-0.25, -0.2) is 17.7 Å². The number of nitrogens with one attached hydrogen (secondary N) is 2. The van der Waals surface area contributed by atoms with Gasteiger partial charge >= 0.3 is 0 Å². The van der Waals surface area contributed by atoms with Gasteiger partial charge in [0.1, 0.15) is 11.6 Å². The Hall–Kier alpha value is -1.67. The molecular weight excluding hydrogens is 429 g/mol. The highest BCUT2D eigenvalue weighted by atomic mass is 32.2. The zero-order valence-electron chi connectivity index (χ0n) is 18.4. The third kappa shape index (κ3) is 3.73. The fourth-order valence-electron chi connectivity index (χ4n) is 7.07. The smallest absolute Gasteiger partial charge is 0.267 e. The molecule has 32 heavy (non-hydrogen) atoms. The summed E-state index contributed by atoms with van der Waals surface area (Å²) >= 11 is 0. The van der Waals surface area contributed by atoms with Gasteiger partial charge in [-0.3, -0.25) is 9.52 Å². The molecule has 1 aromatic rings. The van der Waals surface area contributed by atoms with Gasteiger partial charge in [-0.1, -0.05) is 0 Å². The Morgan fingerprint density at radius 3 is 2.31 bits per heavy atom. The minimum Gasteiger partial charge on any atom is -0.493 e. The number of carbonyl (C=O) groups excluding carboxylic acids is 1. The minimum absolute atomic E-state index is 0.144. The molecule has 6 fully saturated rings. The van der Waals surface area contributed by atoms with Crippen LogP contribution in [0.2, 0.25) is 0 Å². The van der Waals surface area contributed by atoms with Crippen molar-refractivity contribution >= 4 is 16.0 Å². The highest BCUT2D eigenvalue weighted by molar-refractivity contribution is 7.88. The summed E-state index contributed by atoms with van der Waals surface area (Å²) in [4.78, 5) is 12.7. The molecule has 6 nitrogen and oxygen atoms in total. The molecule has 1 amide bonds. The first-order valence-electron chi connectivity index (χ1n) is 12.1. The van der Waals surface area contributed by atoms with Crippen molar-refractivity contribution in [2.45, 2.75) is 63.7 Å². The van der Waals surface area contributed by atoms with Crippen molar-refractivity contribution in [3.8, 4) is 5.75 Å². The molecule has 0 spiro atoms. The van der Waals surface area contributed by atoms with Crippen LogP contribution in [0.25, 0.3) is 0 Å². The minimum atomic E-state index is -3.42.